The summed E-state index contributed by atoms with van der Waals surface area (Å²) >= 11 is 1.76. The molecule has 1 rings (SSSR count). The molecule has 2 unspecified atom stereocenters. The van der Waals surface area contributed by atoms with Gasteiger partial charge in [0.25, 0.3) is 0 Å². The van der Waals surface area contributed by atoms with Gasteiger partial charge in [-0.2, -0.15) is 11.8 Å². The van der Waals surface area contributed by atoms with Gasteiger partial charge in [0.2, 0.25) is 5.91 Å². The summed E-state index contributed by atoms with van der Waals surface area (Å²) in [5, 5.41) is 11.5. The van der Waals surface area contributed by atoms with E-state index in [1.165, 1.54) is 0 Å². The van der Waals surface area contributed by atoms with Crippen molar-refractivity contribution in [3.05, 3.63) is 0 Å². The van der Waals surface area contributed by atoms with Crippen LogP contribution in [0.4, 0.5) is 0 Å². The number of carbonyl (C=O) groups is 1. The van der Waals surface area contributed by atoms with E-state index >= 15 is 0 Å². The van der Waals surface area contributed by atoms with Crippen LogP contribution in [0.15, 0.2) is 0 Å². The number of nitrogens with one attached hydrogen (secondary N) is 1. The molecule has 16 heavy (non-hydrogen) atoms. The average Bonchev–Trinajstić information content (AvgIpc) is 2.70. The zero-order valence-corrected chi connectivity index (χ0v) is 10.5. The summed E-state index contributed by atoms with van der Waals surface area (Å²) < 4.78 is 0. The van der Waals surface area contributed by atoms with Crippen molar-refractivity contribution >= 4 is 17.7 Å². The molecule has 1 aliphatic rings. The van der Waals surface area contributed by atoms with Crippen LogP contribution in [0.1, 0.15) is 25.7 Å². The number of hydrogen-bond acceptors (Lipinski definition) is 4. The molecule has 1 amide bonds. The molecule has 4 nitrogen and oxygen atoms in total. The topological polar surface area (TPSA) is 75.4 Å². The smallest absolute Gasteiger partial charge is 0.223 e. The molecule has 0 aromatic heterocycles. The fraction of sp³-hybridized carbons (Fsp3) is 0.909. The number of aliphatic hydroxyl groups is 1. The van der Waals surface area contributed by atoms with Crippen LogP contribution in [0, 0.1) is 5.92 Å². The van der Waals surface area contributed by atoms with Crippen molar-refractivity contribution in [2.45, 2.75) is 31.7 Å². The molecule has 0 aromatic carbocycles. The average molecular weight is 246 g/mol. The van der Waals surface area contributed by atoms with E-state index in [0.29, 0.717) is 0 Å². The lowest BCUT2D eigenvalue weighted by Crippen LogP contribution is -2.32. The van der Waals surface area contributed by atoms with Crippen molar-refractivity contribution < 1.29 is 9.90 Å². The standard InChI is InChI=1S/C11H22N2O2S/c12-10-3-2-9(8-10)11(15)13-4-7-16-6-1-5-14/h9-10,14H,1-8,12H2,(H,13,15). The zero-order valence-electron chi connectivity index (χ0n) is 9.65. The summed E-state index contributed by atoms with van der Waals surface area (Å²) in [5.74, 6) is 2.18. The van der Waals surface area contributed by atoms with Crippen LogP contribution >= 0.6 is 11.8 Å². The van der Waals surface area contributed by atoms with Crippen LogP contribution in [0.2, 0.25) is 0 Å². The van der Waals surface area contributed by atoms with E-state index in [1.54, 1.807) is 11.8 Å². The van der Waals surface area contributed by atoms with Gasteiger partial charge in [-0.3, -0.25) is 4.79 Å². The lowest BCUT2D eigenvalue weighted by atomic mass is 10.1. The first kappa shape index (κ1) is 13.8. The van der Waals surface area contributed by atoms with Crippen molar-refractivity contribution in [2.75, 3.05) is 24.7 Å². The van der Waals surface area contributed by atoms with Gasteiger partial charge in [-0.25, -0.2) is 0 Å². The van der Waals surface area contributed by atoms with E-state index in [2.05, 4.69) is 5.32 Å². The maximum Gasteiger partial charge on any atom is 0.223 e. The highest BCUT2D eigenvalue weighted by Gasteiger charge is 2.27. The lowest BCUT2D eigenvalue weighted by molar-refractivity contribution is -0.124. The van der Waals surface area contributed by atoms with Gasteiger partial charge in [0.15, 0.2) is 0 Å². The van der Waals surface area contributed by atoms with Crippen LogP contribution in [0.3, 0.4) is 0 Å². The minimum Gasteiger partial charge on any atom is -0.396 e. The third-order valence-corrected chi connectivity index (χ3v) is 3.91. The molecule has 1 fully saturated rings. The number of thioether (sulfide) groups is 1. The molecule has 0 bridgehead atoms. The molecule has 4 N–H and O–H groups in total. The van der Waals surface area contributed by atoms with Gasteiger partial charge < -0.3 is 16.2 Å². The van der Waals surface area contributed by atoms with Gasteiger partial charge in [-0.15, -0.1) is 0 Å². The molecule has 0 heterocycles. The maximum absolute atomic E-state index is 11.7. The molecule has 0 radical (unpaired) electrons. The summed E-state index contributed by atoms with van der Waals surface area (Å²) in [6.07, 6.45) is 3.58. The molecule has 94 valence electrons. The molecule has 2 atom stereocenters. The highest BCUT2D eigenvalue weighted by molar-refractivity contribution is 7.99. The molecule has 0 aliphatic heterocycles. The SMILES string of the molecule is NC1CCC(C(=O)NCCSCCCO)C1. The monoisotopic (exact) mass is 246 g/mol. The lowest BCUT2D eigenvalue weighted by Gasteiger charge is -2.10. The summed E-state index contributed by atoms with van der Waals surface area (Å²) in [7, 11) is 0. The highest BCUT2D eigenvalue weighted by atomic mass is 32.2. The number of nitrogens with two attached hydrogens (primary N) is 1. The van der Waals surface area contributed by atoms with E-state index in [0.717, 1.165) is 43.7 Å². The van der Waals surface area contributed by atoms with Crippen molar-refractivity contribution in [1.82, 2.24) is 5.32 Å². The minimum atomic E-state index is 0.137. The van der Waals surface area contributed by atoms with Gasteiger partial charge in [0.1, 0.15) is 0 Å². The molecular formula is C11H22N2O2S. The van der Waals surface area contributed by atoms with Crippen LogP contribution < -0.4 is 11.1 Å². The largest absolute Gasteiger partial charge is 0.396 e. The van der Waals surface area contributed by atoms with Gasteiger partial charge in [0.05, 0.1) is 0 Å². The second-order valence-electron chi connectivity index (χ2n) is 4.25. The second-order valence-corrected chi connectivity index (χ2v) is 5.48. The van der Waals surface area contributed by atoms with Crippen molar-refractivity contribution in [3.63, 3.8) is 0 Å². The second kappa shape index (κ2) is 7.92. The molecule has 5 heteroatoms. The number of rotatable bonds is 7. The first-order valence-electron chi connectivity index (χ1n) is 5.96. The minimum absolute atomic E-state index is 0.137. The Kier molecular flexibility index (Phi) is 6.84. The molecular weight excluding hydrogens is 224 g/mol. The van der Waals surface area contributed by atoms with E-state index in [9.17, 15) is 4.79 Å². The van der Waals surface area contributed by atoms with Crippen molar-refractivity contribution in [2.24, 2.45) is 11.7 Å². The zero-order chi connectivity index (χ0) is 11.8. The Morgan fingerprint density at radius 2 is 2.25 bits per heavy atom. The van der Waals surface area contributed by atoms with Crippen molar-refractivity contribution in [3.8, 4) is 0 Å². The Bertz CT molecular complexity index is 214. The predicted octanol–water partition coefficient (Wildman–Crippen LogP) is 0.346. The van der Waals surface area contributed by atoms with E-state index in [1.807, 2.05) is 0 Å². The number of aliphatic hydroxyl groups excluding tert-OH is 1. The van der Waals surface area contributed by atoms with Crippen LogP contribution in [0.25, 0.3) is 0 Å². The van der Waals surface area contributed by atoms with Gasteiger partial charge in [-0.1, -0.05) is 0 Å². The van der Waals surface area contributed by atoms with Crippen molar-refractivity contribution in [1.29, 1.82) is 0 Å². The van der Waals surface area contributed by atoms with E-state index in [4.69, 9.17) is 10.8 Å². The fourth-order valence-corrected chi connectivity index (χ4v) is 2.70. The quantitative estimate of drug-likeness (QED) is 0.566. The third kappa shape index (κ3) is 5.18. The molecule has 1 aliphatic carbocycles. The summed E-state index contributed by atoms with van der Waals surface area (Å²) in [6.45, 7) is 0.972. The van der Waals surface area contributed by atoms with Gasteiger partial charge in [-0.05, 0) is 31.4 Å². The van der Waals surface area contributed by atoms with Gasteiger partial charge in [0, 0.05) is 30.9 Å². The highest BCUT2D eigenvalue weighted by Crippen LogP contribution is 2.23. The molecule has 0 spiro atoms. The Morgan fingerprint density at radius 3 is 2.88 bits per heavy atom. The first-order chi connectivity index (χ1) is 7.74. The van der Waals surface area contributed by atoms with Crippen LogP contribution in [0.5, 0.6) is 0 Å². The molecule has 1 saturated carbocycles. The van der Waals surface area contributed by atoms with E-state index in [-0.39, 0.29) is 24.5 Å². The first-order valence-corrected chi connectivity index (χ1v) is 7.11. The number of amides is 1. The fourth-order valence-electron chi connectivity index (χ4n) is 1.91. The Balaban J connectivity index is 1.98. The molecule has 0 saturated heterocycles. The summed E-state index contributed by atoms with van der Waals surface area (Å²) in [5.41, 5.74) is 5.76. The Hall–Kier alpha value is -0.260. The number of hydrogen-bond donors (Lipinski definition) is 3. The third-order valence-electron chi connectivity index (χ3n) is 2.84. The molecule has 0 aromatic rings. The Morgan fingerprint density at radius 1 is 1.44 bits per heavy atom. The summed E-state index contributed by atoms with van der Waals surface area (Å²) in [4.78, 5) is 11.7. The number of carbonyl (C=O) groups excluding carboxylic acids is 1. The van der Waals surface area contributed by atoms with Crippen LogP contribution in [-0.2, 0) is 4.79 Å². The van der Waals surface area contributed by atoms with Crippen LogP contribution in [-0.4, -0.2) is 41.7 Å². The van der Waals surface area contributed by atoms with Gasteiger partial charge >= 0.3 is 0 Å². The predicted molar refractivity (Wildman–Crippen MR) is 67.4 cm³/mol. The Labute approximate surface area is 101 Å². The normalized spacial score (nSPS) is 24.6. The maximum atomic E-state index is 11.7. The summed E-state index contributed by atoms with van der Waals surface area (Å²) in [6, 6.07) is 0.217. The van der Waals surface area contributed by atoms with E-state index < -0.39 is 0 Å².